The van der Waals surface area contributed by atoms with E-state index in [0.29, 0.717) is 0 Å². The molecule has 0 saturated carbocycles. The molecule has 1 aromatic carbocycles. The number of halogens is 3. The van der Waals surface area contributed by atoms with Crippen molar-refractivity contribution in [3.8, 4) is 11.8 Å². The Morgan fingerprint density at radius 2 is 2.08 bits per heavy atom. The molecule has 0 bridgehead atoms. The number of rotatable bonds is 4. The molecule has 8 heteroatoms. The number of amides is 1. The highest BCUT2D eigenvalue weighted by Crippen LogP contribution is 2.37. The summed E-state index contributed by atoms with van der Waals surface area (Å²) in [6.45, 7) is 5.03. The zero-order valence-corrected chi connectivity index (χ0v) is 14.0. The van der Waals surface area contributed by atoms with Gasteiger partial charge in [0.1, 0.15) is 11.5 Å². The summed E-state index contributed by atoms with van der Waals surface area (Å²) in [6, 6.07) is 4.45. The molecule has 1 amide bonds. The van der Waals surface area contributed by atoms with Crippen LogP contribution in [0, 0.1) is 16.7 Å². The number of ketones is 1. The van der Waals surface area contributed by atoms with Crippen molar-refractivity contribution in [3.63, 3.8) is 0 Å². The van der Waals surface area contributed by atoms with Gasteiger partial charge < -0.3 is 9.64 Å². The number of carbonyl (C=O) groups excluding carboxylic acids is 2. The second-order valence-electron chi connectivity index (χ2n) is 6.70. The van der Waals surface area contributed by atoms with Crippen LogP contribution in [0.4, 0.5) is 13.2 Å². The van der Waals surface area contributed by atoms with Gasteiger partial charge in [-0.15, -0.1) is 0 Å². The van der Waals surface area contributed by atoms with Crippen molar-refractivity contribution in [1.82, 2.24) is 4.90 Å². The third-order valence-electron chi connectivity index (χ3n) is 3.93. The molecule has 1 aliphatic rings. The van der Waals surface area contributed by atoms with E-state index < -0.39 is 34.7 Å². The largest absolute Gasteiger partial charge is 0.480 e. The summed E-state index contributed by atoms with van der Waals surface area (Å²) in [6.07, 6.45) is -5.72. The molecule has 1 aromatic rings. The molecule has 1 aliphatic heterocycles. The Labute approximate surface area is 143 Å². The summed E-state index contributed by atoms with van der Waals surface area (Å²) in [7, 11) is 0. The Kier molecular flexibility index (Phi) is 4.80. The normalized spacial score (nSPS) is 19.6. The maximum Gasteiger partial charge on any atom is 0.417 e. The van der Waals surface area contributed by atoms with Crippen molar-refractivity contribution >= 4 is 11.7 Å². The van der Waals surface area contributed by atoms with Crippen LogP contribution in [0.25, 0.3) is 0 Å². The van der Waals surface area contributed by atoms with E-state index in [1.807, 2.05) is 0 Å². The standard InChI is InChI=1S/C17H17F3N2O3/c1-10(23)8-22-9-16(2,3)14(15(22)24)25-12-5-4-11(7-21)13(6-12)17(18,19)20/h4-6,14H,8-9H2,1-3H3/t14-/m0/s1. The highest BCUT2D eigenvalue weighted by atomic mass is 19.4. The van der Waals surface area contributed by atoms with E-state index in [2.05, 4.69) is 0 Å². The molecule has 25 heavy (non-hydrogen) atoms. The highest BCUT2D eigenvalue weighted by Gasteiger charge is 2.48. The number of ether oxygens (including phenoxy) is 1. The first-order valence-electron chi connectivity index (χ1n) is 7.52. The van der Waals surface area contributed by atoms with Crippen LogP contribution < -0.4 is 4.74 Å². The third kappa shape index (κ3) is 3.92. The number of hydrogen-bond acceptors (Lipinski definition) is 4. The molecule has 1 saturated heterocycles. The summed E-state index contributed by atoms with van der Waals surface area (Å²) in [5.74, 6) is -0.789. The molecule has 0 aliphatic carbocycles. The number of alkyl halides is 3. The van der Waals surface area contributed by atoms with Crippen LogP contribution in [0.2, 0.25) is 0 Å². The highest BCUT2D eigenvalue weighted by molar-refractivity contribution is 5.89. The first-order chi connectivity index (χ1) is 11.5. The van der Waals surface area contributed by atoms with E-state index in [9.17, 15) is 22.8 Å². The third-order valence-corrected chi connectivity index (χ3v) is 3.93. The SMILES string of the molecule is CC(=O)CN1CC(C)(C)[C@@H](Oc2ccc(C#N)c(C(F)(F)F)c2)C1=O. The van der Waals surface area contributed by atoms with Crippen molar-refractivity contribution in [2.45, 2.75) is 33.1 Å². The molecule has 1 fully saturated rings. The molecule has 2 rings (SSSR count). The minimum atomic E-state index is -4.71. The molecule has 0 aromatic heterocycles. The van der Waals surface area contributed by atoms with Gasteiger partial charge in [-0.3, -0.25) is 9.59 Å². The molecule has 1 heterocycles. The van der Waals surface area contributed by atoms with Crippen molar-refractivity contribution in [2.75, 3.05) is 13.1 Å². The van der Waals surface area contributed by atoms with E-state index in [0.717, 1.165) is 12.1 Å². The molecule has 0 unspecified atom stereocenters. The lowest BCUT2D eigenvalue weighted by Gasteiger charge is -2.24. The predicted molar refractivity (Wildman–Crippen MR) is 81.6 cm³/mol. The van der Waals surface area contributed by atoms with Crippen LogP contribution in [0.5, 0.6) is 5.75 Å². The van der Waals surface area contributed by atoms with Crippen LogP contribution in [0.1, 0.15) is 31.9 Å². The molecule has 134 valence electrons. The average Bonchev–Trinajstić information content (AvgIpc) is 2.68. The maximum absolute atomic E-state index is 13.0. The predicted octanol–water partition coefficient (Wildman–Crippen LogP) is 2.78. The van der Waals surface area contributed by atoms with Gasteiger partial charge in [0.15, 0.2) is 6.10 Å². The van der Waals surface area contributed by atoms with Gasteiger partial charge in [0, 0.05) is 12.0 Å². The summed E-state index contributed by atoms with van der Waals surface area (Å²) in [5, 5.41) is 8.82. The maximum atomic E-state index is 13.0. The summed E-state index contributed by atoms with van der Waals surface area (Å²) >= 11 is 0. The fourth-order valence-corrected chi connectivity index (χ4v) is 2.83. The number of likely N-dealkylation sites (tertiary alicyclic amines) is 1. The number of nitrogens with zero attached hydrogens (tertiary/aromatic N) is 2. The minimum Gasteiger partial charge on any atom is -0.480 e. The number of benzene rings is 1. The Balaban J connectivity index is 2.31. The van der Waals surface area contributed by atoms with E-state index in [4.69, 9.17) is 10.00 Å². The number of carbonyl (C=O) groups is 2. The Bertz CT molecular complexity index is 750. The van der Waals surface area contributed by atoms with Crippen LogP contribution in [-0.2, 0) is 15.8 Å². The van der Waals surface area contributed by atoms with Gasteiger partial charge in [-0.25, -0.2) is 0 Å². The Hall–Kier alpha value is -2.56. The molecule has 5 nitrogen and oxygen atoms in total. The van der Waals surface area contributed by atoms with E-state index in [-0.39, 0.29) is 24.6 Å². The molecule has 0 N–H and O–H groups in total. The van der Waals surface area contributed by atoms with Gasteiger partial charge in [0.25, 0.3) is 5.91 Å². The Morgan fingerprint density at radius 3 is 2.60 bits per heavy atom. The zero-order chi connectivity index (χ0) is 19.0. The van der Waals surface area contributed by atoms with Crippen LogP contribution in [-0.4, -0.2) is 35.8 Å². The van der Waals surface area contributed by atoms with Crippen molar-refractivity contribution in [1.29, 1.82) is 5.26 Å². The van der Waals surface area contributed by atoms with E-state index >= 15 is 0 Å². The van der Waals surface area contributed by atoms with E-state index in [1.54, 1.807) is 13.8 Å². The van der Waals surface area contributed by atoms with Crippen LogP contribution >= 0.6 is 0 Å². The van der Waals surface area contributed by atoms with Gasteiger partial charge in [-0.1, -0.05) is 13.8 Å². The molecule has 0 radical (unpaired) electrons. The summed E-state index contributed by atoms with van der Waals surface area (Å²) in [5.41, 5.74) is -2.31. The fourth-order valence-electron chi connectivity index (χ4n) is 2.83. The van der Waals surface area contributed by atoms with Crippen molar-refractivity contribution in [2.24, 2.45) is 5.41 Å². The van der Waals surface area contributed by atoms with Crippen LogP contribution in [0.15, 0.2) is 18.2 Å². The zero-order valence-electron chi connectivity index (χ0n) is 14.0. The fraction of sp³-hybridized carbons (Fsp3) is 0.471. The summed E-state index contributed by atoms with van der Waals surface area (Å²) in [4.78, 5) is 25.0. The molecular weight excluding hydrogens is 337 g/mol. The second-order valence-corrected chi connectivity index (χ2v) is 6.70. The monoisotopic (exact) mass is 354 g/mol. The van der Waals surface area contributed by atoms with E-state index in [1.165, 1.54) is 24.0 Å². The lowest BCUT2D eigenvalue weighted by molar-refractivity contribution is -0.138. The molecule has 1 atom stereocenters. The van der Waals surface area contributed by atoms with Gasteiger partial charge in [0.05, 0.1) is 23.7 Å². The number of Topliss-reactive ketones (excluding diaryl/α,β-unsaturated/α-hetero) is 1. The average molecular weight is 354 g/mol. The lowest BCUT2D eigenvalue weighted by Crippen LogP contribution is -2.37. The smallest absolute Gasteiger partial charge is 0.417 e. The first kappa shape index (κ1) is 18.8. The first-order valence-corrected chi connectivity index (χ1v) is 7.52. The van der Waals surface area contributed by atoms with Crippen molar-refractivity contribution in [3.05, 3.63) is 29.3 Å². The molecule has 0 spiro atoms. The Morgan fingerprint density at radius 1 is 1.44 bits per heavy atom. The van der Waals surface area contributed by atoms with Gasteiger partial charge in [-0.05, 0) is 25.1 Å². The van der Waals surface area contributed by atoms with Gasteiger partial charge in [-0.2, -0.15) is 18.4 Å². The van der Waals surface area contributed by atoms with Gasteiger partial charge in [0.2, 0.25) is 0 Å². The topological polar surface area (TPSA) is 70.4 Å². The quantitative estimate of drug-likeness (QED) is 0.834. The number of nitriles is 1. The number of hydrogen-bond donors (Lipinski definition) is 0. The summed E-state index contributed by atoms with van der Waals surface area (Å²) < 4.78 is 44.7. The van der Waals surface area contributed by atoms with Gasteiger partial charge >= 0.3 is 6.18 Å². The molecular formula is C17H17F3N2O3. The van der Waals surface area contributed by atoms with Crippen LogP contribution in [0.3, 0.4) is 0 Å². The second kappa shape index (κ2) is 6.39. The minimum absolute atomic E-state index is 0.0662. The van der Waals surface area contributed by atoms with Crippen molar-refractivity contribution < 1.29 is 27.5 Å². The lowest BCUT2D eigenvalue weighted by atomic mass is 9.89.